The smallest absolute Gasteiger partial charge is 0.410 e. The number of anilines is 2. The molecular weight excluding hydrogens is 514 g/mol. The number of aryl methyl sites for hydroxylation is 1. The van der Waals surface area contributed by atoms with Gasteiger partial charge in [0.2, 0.25) is 5.91 Å². The van der Waals surface area contributed by atoms with E-state index >= 15 is 0 Å². The quantitative estimate of drug-likeness (QED) is 0.453. The summed E-state index contributed by atoms with van der Waals surface area (Å²) in [5, 5.41) is 3.44. The van der Waals surface area contributed by atoms with E-state index in [2.05, 4.69) is 53.6 Å². The van der Waals surface area contributed by atoms with Gasteiger partial charge < -0.3 is 19.7 Å². The highest BCUT2D eigenvalue weighted by Crippen LogP contribution is 2.43. The van der Waals surface area contributed by atoms with E-state index in [1.807, 2.05) is 26.8 Å². The Morgan fingerprint density at radius 1 is 1.10 bits per heavy atom. The first kappa shape index (κ1) is 27.4. The fourth-order valence-electron chi connectivity index (χ4n) is 5.68. The third-order valence-electron chi connectivity index (χ3n) is 7.71. The Kier molecular flexibility index (Phi) is 7.55. The number of hydrogen-bond acceptors (Lipinski definition) is 5. The summed E-state index contributed by atoms with van der Waals surface area (Å²) in [6, 6.07) is 11.5. The minimum atomic E-state index is -0.623. The molecule has 2 saturated heterocycles. The Morgan fingerprint density at radius 2 is 1.85 bits per heavy atom. The molecule has 0 bridgehead atoms. The first-order valence-electron chi connectivity index (χ1n) is 13.9. The second-order valence-corrected chi connectivity index (χ2v) is 12.2. The average Bonchev–Trinajstić information content (AvgIpc) is 2.89. The summed E-state index contributed by atoms with van der Waals surface area (Å²) in [5.74, 6) is 0.409. The molecule has 2 aromatic rings. The van der Waals surface area contributed by atoms with Crippen molar-refractivity contribution in [3.05, 3.63) is 58.6 Å². The number of hydrogen-bond donors (Lipinski definition) is 1. The monoisotopic (exact) mass is 551 g/mol. The van der Waals surface area contributed by atoms with E-state index in [1.54, 1.807) is 11.0 Å². The van der Waals surface area contributed by atoms with Gasteiger partial charge in [-0.1, -0.05) is 35.9 Å². The van der Waals surface area contributed by atoms with Gasteiger partial charge in [-0.3, -0.25) is 9.69 Å². The molecule has 5 rings (SSSR count). The highest BCUT2D eigenvalue weighted by atomic mass is 35.5. The maximum Gasteiger partial charge on any atom is 0.410 e. The van der Waals surface area contributed by atoms with E-state index < -0.39 is 23.3 Å². The molecule has 0 saturated carbocycles. The van der Waals surface area contributed by atoms with E-state index in [9.17, 15) is 9.59 Å². The summed E-state index contributed by atoms with van der Waals surface area (Å²) in [6.07, 6.45) is 7.76. The number of halogens is 1. The molecule has 3 aliphatic heterocycles. The van der Waals surface area contributed by atoms with Crippen LogP contribution >= 0.6 is 11.6 Å². The number of amides is 2. The van der Waals surface area contributed by atoms with Crippen molar-refractivity contribution in [2.75, 3.05) is 29.9 Å². The first-order valence-corrected chi connectivity index (χ1v) is 14.2. The van der Waals surface area contributed by atoms with Gasteiger partial charge in [0.1, 0.15) is 23.0 Å². The minimum absolute atomic E-state index is 0.239. The molecule has 2 fully saturated rings. The van der Waals surface area contributed by atoms with Gasteiger partial charge in [-0.2, -0.15) is 0 Å². The maximum atomic E-state index is 13.3. The number of ether oxygens (including phenoxy) is 2. The Balaban J connectivity index is 1.27. The number of benzene rings is 2. The van der Waals surface area contributed by atoms with E-state index in [-0.39, 0.29) is 5.91 Å². The summed E-state index contributed by atoms with van der Waals surface area (Å²) in [7, 11) is 0. The lowest BCUT2D eigenvalue weighted by Gasteiger charge is -2.43. The number of nitrogens with zero attached hydrogens (tertiary/aromatic N) is 2. The summed E-state index contributed by atoms with van der Waals surface area (Å²) in [6.45, 7) is 9.91. The van der Waals surface area contributed by atoms with Crippen LogP contribution in [-0.4, -0.2) is 53.8 Å². The highest BCUT2D eigenvalue weighted by molar-refractivity contribution is 6.32. The predicted molar refractivity (Wildman–Crippen MR) is 156 cm³/mol. The van der Waals surface area contributed by atoms with Crippen LogP contribution in [0.15, 0.2) is 42.5 Å². The Labute approximate surface area is 236 Å². The van der Waals surface area contributed by atoms with Crippen molar-refractivity contribution in [1.82, 2.24) is 4.90 Å². The highest BCUT2D eigenvalue weighted by Gasteiger charge is 2.38. The van der Waals surface area contributed by atoms with Crippen molar-refractivity contribution in [2.45, 2.75) is 77.0 Å². The van der Waals surface area contributed by atoms with Crippen LogP contribution in [0.1, 0.15) is 64.0 Å². The summed E-state index contributed by atoms with van der Waals surface area (Å²) in [5.41, 5.74) is 2.95. The molecule has 8 heteroatoms. The SMILES string of the molecule is Cc1ccccc1N1CCC2(C=Cc3cc(NC(=O)[C@H]4CCCCN4C(=O)OC(C)(C)C)cc(Cl)c3O2)CC1. The van der Waals surface area contributed by atoms with Crippen molar-refractivity contribution in [1.29, 1.82) is 0 Å². The van der Waals surface area contributed by atoms with Gasteiger partial charge in [-0.25, -0.2) is 4.79 Å². The lowest BCUT2D eigenvalue weighted by atomic mass is 9.87. The standard InChI is InChI=1S/C31H38ClN3O4/c1-21-9-5-6-10-25(21)34-17-14-31(15-18-34)13-12-22-19-23(20-24(32)27(22)38-31)33-28(36)26-11-7-8-16-35(26)29(37)39-30(2,3)4/h5-6,9-10,12-13,19-20,26H,7-8,11,14-18H2,1-4H3,(H,33,36)/t26-/m1/s1. The van der Waals surface area contributed by atoms with Gasteiger partial charge in [-0.15, -0.1) is 0 Å². The molecular formula is C31H38ClN3O4. The Morgan fingerprint density at radius 3 is 2.56 bits per heavy atom. The summed E-state index contributed by atoms with van der Waals surface area (Å²) < 4.78 is 12.1. The molecule has 1 atom stereocenters. The van der Waals surface area contributed by atoms with E-state index in [1.165, 1.54) is 11.3 Å². The van der Waals surface area contributed by atoms with Gasteiger partial charge in [0.05, 0.1) is 5.02 Å². The molecule has 3 heterocycles. The van der Waals surface area contributed by atoms with Crippen LogP contribution in [0.2, 0.25) is 5.02 Å². The van der Waals surface area contributed by atoms with Crippen LogP contribution in [0.5, 0.6) is 5.75 Å². The molecule has 0 unspecified atom stereocenters. The Hall–Kier alpha value is -3.19. The van der Waals surface area contributed by atoms with Crippen molar-refractivity contribution in [3.8, 4) is 5.75 Å². The largest absolute Gasteiger partial charge is 0.481 e. The second-order valence-electron chi connectivity index (χ2n) is 11.8. The van der Waals surface area contributed by atoms with Crippen LogP contribution in [0.4, 0.5) is 16.2 Å². The van der Waals surface area contributed by atoms with Crippen molar-refractivity contribution < 1.29 is 19.1 Å². The fraction of sp³-hybridized carbons (Fsp3) is 0.484. The minimum Gasteiger partial charge on any atom is -0.481 e. The molecule has 0 aromatic heterocycles. The number of likely N-dealkylation sites (tertiary alicyclic amines) is 1. The van der Waals surface area contributed by atoms with E-state index in [0.717, 1.165) is 44.3 Å². The average molecular weight is 552 g/mol. The van der Waals surface area contributed by atoms with Crippen LogP contribution in [-0.2, 0) is 9.53 Å². The number of para-hydroxylation sites is 1. The van der Waals surface area contributed by atoms with Gasteiger partial charge in [0.25, 0.3) is 0 Å². The van der Waals surface area contributed by atoms with Crippen LogP contribution in [0.3, 0.4) is 0 Å². The van der Waals surface area contributed by atoms with Crippen molar-refractivity contribution in [3.63, 3.8) is 0 Å². The van der Waals surface area contributed by atoms with Crippen LogP contribution in [0.25, 0.3) is 6.08 Å². The maximum absolute atomic E-state index is 13.3. The number of carbonyl (C=O) groups is 2. The molecule has 2 aromatic carbocycles. The molecule has 1 N–H and O–H groups in total. The fourth-order valence-corrected chi connectivity index (χ4v) is 5.94. The molecule has 3 aliphatic rings. The number of nitrogens with one attached hydrogen (secondary N) is 1. The Bertz CT molecular complexity index is 1280. The first-order chi connectivity index (χ1) is 18.5. The molecule has 39 heavy (non-hydrogen) atoms. The second kappa shape index (κ2) is 10.8. The zero-order valence-electron chi connectivity index (χ0n) is 23.3. The lowest BCUT2D eigenvalue weighted by Crippen LogP contribution is -2.51. The van der Waals surface area contributed by atoms with E-state index in [4.69, 9.17) is 21.1 Å². The number of carbonyl (C=O) groups excluding carboxylic acids is 2. The number of rotatable bonds is 3. The van der Waals surface area contributed by atoms with Gasteiger partial charge in [0.15, 0.2) is 0 Å². The third-order valence-corrected chi connectivity index (χ3v) is 7.99. The van der Waals surface area contributed by atoms with Gasteiger partial charge in [-0.05, 0) is 76.8 Å². The van der Waals surface area contributed by atoms with Crippen LogP contribution < -0.4 is 15.0 Å². The third kappa shape index (κ3) is 6.03. The van der Waals surface area contributed by atoms with E-state index in [0.29, 0.717) is 29.4 Å². The normalized spacial score (nSPS) is 20.3. The zero-order chi connectivity index (χ0) is 27.8. The van der Waals surface area contributed by atoms with Gasteiger partial charge >= 0.3 is 6.09 Å². The molecule has 2 amide bonds. The number of piperidine rings is 2. The van der Waals surface area contributed by atoms with Crippen LogP contribution in [0, 0.1) is 6.92 Å². The number of fused-ring (bicyclic) bond motifs is 1. The summed E-state index contributed by atoms with van der Waals surface area (Å²) in [4.78, 5) is 30.0. The van der Waals surface area contributed by atoms with Gasteiger partial charge in [0, 0.05) is 49.4 Å². The molecule has 0 aliphatic carbocycles. The molecule has 0 radical (unpaired) electrons. The summed E-state index contributed by atoms with van der Waals surface area (Å²) >= 11 is 6.71. The zero-order valence-corrected chi connectivity index (χ0v) is 24.0. The molecule has 208 valence electrons. The van der Waals surface area contributed by atoms with Crippen molar-refractivity contribution in [2.24, 2.45) is 0 Å². The topological polar surface area (TPSA) is 71.1 Å². The molecule has 7 nitrogen and oxygen atoms in total. The lowest BCUT2D eigenvalue weighted by molar-refractivity contribution is -0.122. The molecule has 1 spiro atoms. The van der Waals surface area contributed by atoms with Crippen molar-refractivity contribution >= 4 is 41.1 Å². The predicted octanol–water partition coefficient (Wildman–Crippen LogP) is 6.82.